The number of amides is 1. The number of carbonyl (C=O) groups is 2. The number of methoxy groups -OCH3 is 1. The number of rotatable bonds is 9. The van der Waals surface area contributed by atoms with E-state index < -0.39 is 23.5 Å². The molecule has 1 amide bonds. The molecule has 0 aliphatic carbocycles. The van der Waals surface area contributed by atoms with Crippen LogP contribution in [0.2, 0.25) is 0 Å². The lowest BCUT2D eigenvalue weighted by molar-refractivity contribution is -0.132. The Bertz CT molecular complexity index is 1890. The highest BCUT2D eigenvalue weighted by Crippen LogP contribution is 2.46. The van der Waals surface area contributed by atoms with E-state index in [2.05, 4.69) is 4.98 Å². The van der Waals surface area contributed by atoms with Crippen molar-refractivity contribution in [3.8, 4) is 17.2 Å². The Morgan fingerprint density at radius 1 is 0.955 bits per heavy atom. The number of benzene rings is 4. The number of hydrogen-bond donors (Lipinski definition) is 1. The Balaban J connectivity index is 1.46. The summed E-state index contributed by atoms with van der Waals surface area (Å²) < 4.78 is 31.7. The van der Waals surface area contributed by atoms with Gasteiger partial charge in [-0.15, -0.1) is 0 Å². The average Bonchev–Trinajstić information content (AvgIpc) is 3.57. The van der Waals surface area contributed by atoms with Crippen LogP contribution in [0.25, 0.3) is 16.0 Å². The van der Waals surface area contributed by atoms with E-state index in [9.17, 15) is 19.1 Å². The molecule has 5 aromatic rings. The minimum Gasteiger partial charge on any atom is -0.507 e. The highest BCUT2D eigenvalue weighted by molar-refractivity contribution is 7.22. The molecule has 1 saturated heterocycles. The van der Waals surface area contributed by atoms with Crippen molar-refractivity contribution in [2.75, 3.05) is 18.6 Å². The van der Waals surface area contributed by atoms with Crippen LogP contribution in [0, 0.1) is 5.82 Å². The summed E-state index contributed by atoms with van der Waals surface area (Å²) in [4.78, 5) is 33.1. The molecule has 1 aliphatic rings. The van der Waals surface area contributed by atoms with Gasteiger partial charge in [0.25, 0.3) is 5.78 Å². The molecule has 44 heavy (non-hydrogen) atoms. The van der Waals surface area contributed by atoms with E-state index in [0.717, 1.165) is 16.9 Å². The van der Waals surface area contributed by atoms with Gasteiger partial charge in [-0.3, -0.25) is 14.5 Å². The maximum absolute atomic E-state index is 14.0. The van der Waals surface area contributed by atoms with Crippen LogP contribution in [-0.2, 0) is 16.2 Å². The normalized spacial score (nSPS) is 16.0. The second kappa shape index (κ2) is 12.2. The van der Waals surface area contributed by atoms with Gasteiger partial charge in [-0.05, 0) is 72.6 Å². The van der Waals surface area contributed by atoms with E-state index in [4.69, 9.17) is 14.2 Å². The highest BCUT2D eigenvalue weighted by atomic mass is 32.1. The van der Waals surface area contributed by atoms with Crippen molar-refractivity contribution in [1.82, 2.24) is 4.98 Å². The number of thiazole rings is 1. The Morgan fingerprint density at radius 3 is 2.45 bits per heavy atom. The first-order valence-electron chi connectivity index (χ1n) is 13.8. The van der Waals surface area contributed by atoms with Crippen LogP contribution < -0.4 is 19.1 Å². The molecule has 1 fully saturated rings. The number of carbonyl (C=O) groups excluding carboxylic acids is 2. The molecule has 1 atom stereocenters. The van der Waals surface area contributed by atoms with Crippen molar-refractivity contribution < 1.29 is 33.3 Å². The SMILES string of the molecule is CCOc1ccc(C(O)=C2C(=O)C(=O)N(c3nc4ccc(F)cc4s3)C2c2ccc(OCc3ccccc3)c(OC)c2)cc1. The van der Waals surface area contributed by atoms with E-state index in [-0.39, 0.29) is 16.5 Å². The summed E-state index contributed by atoms with van der Waals surface area (Å²) in [6.07, 6.45) is 0. The van der Waals surface area contributed by atoms with Gasteiger partial charge in [0, 0.05) is 5.56 Å². The lowest BCUT2D eigenvalue weighted by Crippen LogP contribution is -2.29. The van der Waals surface area contributed by atoms with Crippen LogP contribution in [0.1, 0.15) is 29.7 Å². The van der Waals surface area contributed by atoms with Crippen LogP contribution in [0.4, 0.5) is 9.52 Å². The van der Waals surface area contributed by atoms with Gasteiger partial charge in [0.15, 0.2) is 16.6 Å². The molecule has 10 heteroatoms. The zero-order chi connectivity index (χ0) is 30.8. The lowest BCUT2D eigenvalue weighted by atomic mass is 9.95. The van der Waals surface area contributed by atoms with Gasteiger partial charge in [0.1, 0.15) is 23.9 Å². The van der Waals surface area contributed by atoms with Crippen LogP contribution in [0.5, 0.6) is 17.2 Å². The fourth-order valence-corrected chi connectivity index (χ4v) is 6.09. The first-order chi connectivity index (χ1) is 21.4. The number of ether oxygens (including phenoxy) is 3. The molecule has 1 unspecified atom stereocenters. The van der Waals surface area contributed by atoms with Crippen molar-refractivity contribution in [3.05, 3.63) is 119 Å². The second-order valence-electron chi connectivity index (χ2n) is 9.92. The second-order valence-corrected chi connectivity index (χ2v) is 10.9. The van der Waals surface area contributed by atoms with Gasteiger partial charge in [-0.25, -0.2) is 9.37 Å². The molecule has 0 saturated carbocycles. The molecule has 0 bridgehead atoms. The van der Waals surface area contributed by atoms with Crippen molar-refractivity contribution in [1.29, 1.82) is 0 Å². The van der Waals surface area contributed by atoms with Gasteiger partial charge < -0.3 is 19.3 Å². The van der Waals surface area contributed by atoms with E-state index >= 15 is 0 Å². The van der Waals surface area contributed by atoms with Crippen molar-refractivity contribution in [3.63, 3.8) is 0 Å². The fourth-order valence-electron chi connectivity index (χ4n) is 5.07. The van der Waals surface area contributed by atoms with Gasteiger partial charge in [-0.2, -0.15) is 0 Å². The van der Waals surface area contributed by atoms with Crippen LogP contribution in [-0.4, -0.2) is 35.5 Å². The predicted octanol–water partition coefficient (Wildman–Crippen LogP) is 7.05. The monoisotopic (exact) mass is 610 g/mol. The summed E-state index contributed by atoms with van der Waals surface area (Å²) in [5, 5.41) is 11.7. The van der Waals surface area contributed by atoms with Gasteiger partial charge in [-0.1, -0.05) is 47.7 Å². The first kappa shape index (κ1) is 28.9. The van der Waals surface area contributed by atoms with E-state index in [1.165, 1.54) is 30.2 Å². The van der Waals surface area contributed by atoms with Crippen LogP contribution in [0.15, 0.2) is 96.6 Å². The molecular weight excluding hydrogens is 583 g/mol. The number of hydrogen-bond acceptors (Lipinski definition) is 8. The van der Waals surface area contributed by atoms with Crippen molar-refractivity contribution in [2.45, 2.75) is 19.6 Å². The quantitative estimate of drug-likeness (QED) is 0.109. The minimum absolute atomic E-state index is 0.121. The summed E-state index contributed by atoms with van der Waals surface area (Å²) in [7, 11) is 1.49. The number of aromatic nitrogens is 1. The maximum atomic E-state index is 14.0. The number of fused-ring (bicyclic) bond motifs is 1. The number of anilines is 1. The maximum Gasteiger partial charge on any atom is 0.301 e. The van der Waals surface area contributed by atoms with Crippen molar-refractivity contribution in [2.24, 2.45) is 0 Å². The molecule has 1 aliphatic heterocycles. The molecule has 222 valence electrons. The zero-order valence-corrected chi connectivity index (χ0v) is 24.6. The minimum atomic E-state index is -1.07. The Hall–Kier alpha value is -5.22. The fraction of sp³-hybridized carbons (Fsp3) is 0.147. The molecule has 1 N–H and O–H groups in total. The third-order valence-corrected chi connectivity index (χ3v) is 8.19. The molecule has 1 aromatic heterocycles. The molecular formula is C34H27FN2O6S. The summed E-state index contributed by atoms with van der Waals surface area (Å²) in [5.41, 5.74) is 2.13. The third-order valence-electron chi connectivity index (χ3n) is 7.17. The number of halogens is 1. The summed E-state index contributed by atoms with van der Waals surface area (Å²) in [6, 6.07) is 24.4. The molecule has 6 rings (SSSR count). The highest BCUT2D eigenvalue weighted by Gasteiger charge is 2.48. The van der Waals surface area contributed by atoms with Crippen molar-refractivity contribution >= 4 is 44.1 Å². The van der Waals surface area contributed by atoms with E-state index in [1.807, 2.05) is 37.3 Å². The molecule has 0 radical (unpaired) electrons. The third kappa shape index (κ3) is 5.47. The van der Waals surface area contributed by atoms with E-state index in [1.54, 1.807) is 42.5 Å². The van der Waals surface area contributed by atoms with E-state index in [0.29, 0.717) is 51.8 Å². The largest absolute Gasteiger partial charge is 0.507 e. The predicted molar refractivity (Wildman–Crippen MR) is 166 cm³/mol. The number of ketones is 1. The number of nitrogens with zero attached hydrogens (tertiary/aromatic N) is 2. The number of Topliss-reactive ketones (excluding diaryl/α,β-unsaturated/α-hetero) is 1. The first-order valence-corrected chi connectivity index (χ1v) is 14.6. The average molecular weight is 611 g/mol. The topological polar surface area (TPSA) is 98.2 Å². The molecule has 8 nitrogen and oxygen atoms in total. The number of aliphatic hydroxyl groups is 1. The Morgan fingerprint density at radius 2 is 1.73 bits per heavy atom. The number of aliphatic hydroxyl groups excluding tert-OH is 1. The van der Waals surface area contributed by atoms with Gasteiger partial charge >= 0.3 is 5.91 Å². The Kier molecular flexibility index (Phi) is 7.99. The summed E-state index contributed by atoms with van der Waals surface area (Å²) >= 11 is 1.07. The van der Waals surface area contributed by atoms with Gasteiger partial charge in [0.2, 0.25) is 0 Å². The Labute approximate surface area is 256 Å². The summed E-state index contributed by atoms with van der Waals surface area (Å²) in [6.45, 7) is 2.63. The molecule has 0 spiro atoms. The molecule has 4 aromatic carbocycles. The van der Waals surface area contributed by atoms with Crippen LogP contribution in [0.3, 0.4) is 0 Å². The smallest absolute Gasteiger partial charge is 0.301 e. The zero-order valence-electron chi connectivity index (χ0n) is 23.8. The lowest BCUT2D eigenvalue weighted by Gasteiger charge is -2.24. The van der Waals surface area contributed by atoms with Gasteiger partial charge in [0.05, 0.1) is 35.5 Å². The molecule has 2 heterocycles. The van der Waals surface area contributed by atoms with Crippen LogP contribution >= 0.6 is 11.3 Å². The standard InChI is InChI=1S/C34H27FN2O6S/c1-3-42-24-13-9-21(10-14-24)31(38)29-30(22-11-16-26(27(17-22)41-2)43-19-20-7-5-4-6-8-20)37(33(40)32(29)39)34-36-25-15-12-23(35)18-28(25)44-34/h4-18,30,38H,3,19H2,1-2H3. The summed E-state index contributed by atoms with van der Waals surface area (Å²) in [5.74, 6) is -1.12.